The molecule has 0 spiro atoms. The molecule has 1 saturated heterocycles. The van der Waals surface area contributed by atoms with Gasteiger partial charge in [0.1, 0.15) is 10.7 Å². The lowest BCUT2D eigenvalue weighted by molar-refractivity contribution is 0.203. The van der Waals surface area contributed by atoms with Crippen LogP contribution in [0, 0.1) is 5.92 Å². The summed E-state index contributed by atoms with van der Waals surface area (Å²) in [6, 6.07) is 0.793. The second kappa shape index (κ2) is 3.17. The number of nitrogens with two attached hydrogens (primary N) is 1. The number of anilines is 1. The van der Waals surface area contributed by atoms with Gasteiger partial charge in [-0.15, -0.1) is 5.10 Å². The SMILES string of the molecule is Nc1snnc1CN1CC2CCC1C2. The van der Waals surface area contributed by atoms with Crippen molar-refractivity contribution in [1.82, 2.24) is 14.5 Å². The Kier molecular flexibility index (Phi) is 1.95. The van der Waals surface area contributed by atoms with Crippen LogP contribution in [0.2, 0.25) is 0 Å². The van der Waals surface area contributed by atoms with Crippen molar-refractivity contribution in [1.29, 1.82) is 0 Å². The maximum Gasteiger partial charge on any atom is 0.132 e. The van der Waals surface area contributed by atoms with Crippen LogP contribution >= 0.6 is 11.5 Å². The zero-order valence-corrected chi connectivity index (χ0v) is 8.83. The zero-order chi connectivity index (χ0) is 9.54. The molecule has 0 radical (unpaired) electrons. The van der Waals surface area contributed by atoms with Gasteiger partial charge in [0.2, 0.25) is 0 Å². The maximum absolute atomic E-state index is 5.78. The van der Waals surface area contributed by atoms with E-state index in [9.17, 15) is 0 Å². The van der Waals surface area contributed by atoms with Gasteiger partial charge in [0.25, 0.3) is 0 Å². The Morgan fingerprint density at radius 1 is 1.50 bits per heavy atom. The topological polar surface area (TPSA) is 55.0 Å². The number of hydrogen-bond donors (Lipinski definition) is 1. The van der Waals surface area contributed by atoms with E-state index in [1.807, 2.05) is 0 Å². The summed E-state index contributed by atoms with van der Waals surface area (Å²) in [5.74, 6) is 0.938. The molecule has 2 heterocycles. The van der Waals surface area contributed by atoms with Gasteiger partial charge in [0.05, 0.1) is 0 Å². The molecule has 5 heteroatoms. The Balaban J connectivity index is 1.71. The first kappa shape index (κ1) is 8.61. The fourth-order valence-electron chi connectivity index (χ4n) is 2.74. The molecule has 1 saturated carbocycles. The lowest BCUT2D eigenvalue weighted by Crippen LogP contribution is -2.31. The maximum atomic E-state index is 5.78. The van der Waals surface area contributed by atoms with Crippen molar-refractivity contribution in [2.45, 2.75) is 31.8 Å². The van der Waals surface area contributed by atoms with Crippen molar-refractivity contribution in [3.8, 4) is 0 Å². The zero-order valence-electron chi connectivity index (χ0n) is 8.02. The van der Waals surface area contributed by atoms with Gasteiger partial charge in [-0.3, -0.25) is 4.90 Å². The highest BCUT2D eigenvalue weighted by Gasteiger charge is 2.37. The van der Waals surface area contributed by atoms with E-state index in [-0.39, 0.29) is 0 Å². The molecule has 76 valence electrons. The Hall–Kier alpha value is -0.680. The summed E-state index contributed by atoms with van der Waals surface area (Å²) in [5.41, 5.74) is 6.76. The van der Waals surface area contributed by atoms with E-state index in [2.05, 4.69) is 14.5 Å². The second-order valence-corrected chi connectivity index (χ2v) is 5.13. The summed E-state index contributed by atoms with van der Waals surface area (Å²) < 4.78 is 3.87. The van der Waals surface area contributed by atoms with Gasteiger partial charge in [0.15, 0.2) is 0 Å². The third-order valence-corrected chi connectivity index (χ3v) is 4.06. The number of piperidine rings is 1. The summed E-state index contributed by atoms with van der Waals surface area (Å²) in [6.45, 7) is 2.14. The third kappa shape index (κ3) is 1.31. The van der Waals surface area contributed by atoms with Crippen LogP contribution in [0.5, 0.6) is 0 Å². The highest BCUT2D eigenvalue weighted by Crippen LogP contribution is 2.38. The minimum absolute atomic E-state index is 0.785. The summed E-state index contributed by atoms with van der Waals surface area (Å²) >= 11 is 1.30. The van der Waals surface area contributed by atoms with Crippen molar-refractivity contribution in [2.75, 3.05) is 12.3 Å². The van der Waals surface area contributed by atoms with Gasteiger partial charge in [-0.2, -0.15) is 0 Å². The van der Waals surface area contributed by atoms with E-state index in [4.69, 9.17) is 5.73 Å². The Morgan fingerprint density at radius 2 is 2.43 bits per heavy atom. The van der Waals surface area contributed by atoms with Crippen LogP contribution in [-0.4, -0.2) is 27.1 Å². The molecule has 1 aromatic rings. The van der Waals surface area contributed by atoms with Crippen molar-refractivity contribution in [3.63, 3.8) is 0 Å². The monoisotopic (exact) mass is 210 g/mol. The van der Waals surface area contributed by atoms with Crippen LogP contribution in [0.25, 0.3) is 0 Å². The first-order valence-corrected chi connectivity index (χ1v) is 5.91. The number of rotatable bonds is 2. The quantitative estimate of drug-likeness (QED) is 0.794. The number of hydrogen-bond acceptors (Lipinski definition) is 5. The molecule has 1 aromatic heterocycles. The fourth-order valence-corrected chi connectivity index (χ4v) is 3.18. The van der Waals surface area contributed by atoms with Gasteiger partial charge in [-0.25, -0.2) is 0 Å². The van der Waals surface area contributed by atoms with E-state index in [1.54, 1.807) is 0 Å². The predicted octanol–water partition coefficient (Wildman–Crippen LogP) is 1.10. The third-order valence-electron chi connectivity index (χ3n) is 3.46. The molecule has 2 bridgehead atoms. The van der Waals surface area contributed by atoms with Gasteiger partial charge in [-0.05, 0) is 25.2 Å². The summed E-state index contributed by atoms with van der Waals surface area (Å²) in [5, 5.41) is 4.85. The average Bonchev–Trinajstić information content (AvgIpc) is 2.83. The average molecular weight is 210 g/mol. The normalized spacial score (nSPS) is 31.4. The van der Waals surface area contributed by atoms with Gasteiger partial charge in [0, 0.05) is 30.7 Å². The molecule has 4 nitrogen and oxygen atoms in total. The van der Waals surface area contributed by atoms with Crippen LogP contribution in [0.1, 0.15) is 25.0 Å². The molecule has 0 amide bonds. The van der Waals surface area contributed by atoms with E-state index < -0.39 is 0 Å². The highest BCUT2D eigenvalue weighted by atomic mass is 32.1. The minimum Gasteiger partial charge on any atom is -0.388 e. The van der Waals surface area contributed by atoms with Crippen LogP contribution < -0.4 is 5.73 Å². The molecule has 1 aliphatic carbocycles. The Bertz CT molecular complexity index is 337. The molecule has 0 aromatic carbocycles. The van der Waals surface area contributed by atoms with Crippen LogP contribution in [0.3, 0.4) is 0 Å². The standard InChI is InChI=1S/C9H14N4S/c10-9-8(11-12-14-9)5-13-4-6-1-2-7(13)3-6/h6-7H,1-5,10H2. The molecule has 2 aliphatic rings. The van der Waals surface area contributed by atoms with Crippen LogP contribution in [0.4, 0.5) is 5.00 Å². The van der Waals surface area contributed by atoms with Gasteiger partial charge < -0.3 is 5.73 Å². The molecule has 14 heavy (non-hydrogen) atoms. The van der Waals surface area contributed by atoms with Gasteiger partial charge in [-0.1, -0.05) is 4.49 Å². The predicted molar refractivity (Wildman–Crippen MR) is 55.9 cm³/mol. The van der Waals surface area contributed by atoms with Crippen LogP contribution in [0.15, 0.2) is 0 Å². The Morgan fingerprint density at radius 3 is 3.00 bits per heavy atom. The van der Waals surface area contributed by atoms with Crippen molar-refractivity contribution in [2.24, 2.45) is 5.92 Å². The Labute approximate surface area is 87.3 Å². The first-order valence-electron chi connectivity index (χ1n) is 5.13. The van der Waals surface area contributed by atoms with E-state index in [0.717, 1.165) is 29.2 Å². The van der Waals surface area contributed by atoms with Crippen LogP contribution in [-0.2, 0) is 6.54 Å². The summed E-state index contributed by atoms with van der Waals surface area (Å²) in [7, 11) is 0. The molecule has 2 unspecified atom stereocenters. The van der Waals surface area contributed by atoms with Crippen molar-refractivity contribution in [3.05, 3.63) is 5.69 Å². The van der Waals surface area contributed by atoms with E-state index in [1.165, 1.54) is 37.3 Å². The molecule has 1 aliphatic heterocycles. The molecule has 3 rings (SSSR count). The molecular formula is C9H14N4S. The number of aromatic nitrogens is 2. The second-order valence-electron chi connectivity index (χ2n) is 4.35. The number of fused-ring (bicyclic) bond motifs is 2. The first-order chi connectivity index (χ1) is 6.83. The van der Waals surface area contributed by atoms with Crippen molar-refractivity contribution >= 4 is 16.5 Å². The minimum atomic E-state index is 0.785. The van der Waals surface area contributed by atoms with Gasteiger partial charge >= 0.3 is 0 Å². The fraction of sp³-hybridized carbons (Fsp3) is 0.778. The van der Waals surface area contributed by atoms with E-state index in [0.29, 0.717) is 0 Å². The summed E-state index contributed by atoms with van der Waals surface area (Å²) in [4.78, 5) is 2.52. The molecule has 2 fully saturated rings. The molecular weight excluding hydrogens is 196 g/mol. The largest absolute Gasteiger partial charge is 0.388 e. The summed E-state index contributed by atoms with van der Waals surface area (Å²) in [6.07, 6.45) is 4.17. The highest BCUT2D eigenvalue weighted by molar-refractivity contribution is 7.09. The number of likely N-dealkylation sites (tertiary alicyclic amines) is 1. The number of nitrogen functional groups attached to an aromatic ring is 1. The molecule has 2 atom stereocenters. The van der Waals surface area contributed by atoms with Crippen molar-refractivity contribution < 1.29 is 0 Å². The van der Waals surface area contributed by atoms with E-state index >= 15 is 0 Å². The lowest BCUT2D eigenvalue weighted by atomic mass is 10.1. The smallest absolute Gasteiger partial charge is 0.132 e. The molecule has 2 N–H and O–H groups in total. The number of nitrogens with zero attached hydrogens (tertiary/aromatic N) is 3. The lowest BCUT2D eigenvalue weighted by Gasteiger charge is -2.25.